The van der Waals surface area contributed by atoms with E-state index in [0.717, 1.165) is 22.0 Å². The Bertz CT molecular complexity index is 1240. The molecule has 12 heteroatoms. The molecule has 4 rings (SSSR count). The zero-order valence-electron chi connectivity index (χ0n) is 21.8. The summed E-state index contributed by atoms with van der Waals surface area (Å²) in [6, 6.07) is 10.8. The summed E-state index contributed by atoms with van der Waals surface area (Å²) in [5.41, 5.74) is 0.788. The molecular formula is C27H34FN3O7S. The smallest absolute Gasteiger partial charge is 0.409 e. The lowest BCUT2D eigenvalue weighted by Gasteiger charge is -2.34. The van der Waals surface area contributed by atoms with Gasteiger partial charge in [-0.15, -0.1) is 0 Å². The first-order valence-electron chi connectivity index (χ1n) is 13.0. The third-order valence-corrected chi connectivity index (χ3v) is 8.71. The van der Waals surface area contributed by atoms with Gasteiger partial charge in [0, 0.05) is 32.2 Å². The Morgan fingerprint density at radius 2 is 1.85 bits per heavy atom. The number of sulfonamides is 1. The van der Waals surface area contributed by atoms with Gasteiger partial charge in [-0.2, -0.15) is 4.31 Å². The Kier molecular flexibility index (Phi) is 9.76. The molecule has 2 aliphatic heterocycles. The number of halogens is 1. The molecule has 2 atom stereocenters. The van der Waals surface area contributed by atoms with Crippen LogP contribution in [-0.4, -0.2) is 69.9 Å². The average molecular weight is 564 g/mol. The van der Waals surface area contributed by atoms with E-state index >= 15 is 0 Å². The van der Waals surface area contributed by atoms with Gasteiger partial charge in [0.25, 0.3) is 0 Å². The zero-order chi connectivity index (χ0) is 27.8. The fourth-order valence-corrected chi connectivity index (χ4v) is 6.29. The van der Waals surface area contributed by atoms with Crippen molar-refractivity contribution in [2.75, 3.05) is 26.9 Å². The number of amides is 2. The van der Waals surface area contributed by atoms with Gasteiger partial charge in [-0.1, -0.05) is 18.2 Å². The molecule has 2 N–H and O–H groups in total. The van der Waals surface area contributed by atoms with Crippen LogP contribution in [0.15, 0.2) is 53.4 Å². The lowest BCUT2D eigenvalue weighted by Crippen LogP contribution is -2.53. The first-order chi connectivity index (χ1) is 18.8. The summed E-state index contributed by atoms with van der Waals surface area (Å²) in [6.45, 7) is 1.21. The molecule has 2 aliphatic rings. The number of benzene rings is 2. The van der Waals surface area contributed by atoms with Crippen molar-refractivity contribution in [2.45, 2.75) is 61.7 Å². The Morgan fingerprint density at radius 1 is 1.10 bits per heavy atom. The summed E-state index contributed by atoms with van der Waals surface area (Å²) in [5, 5.41) is 5.61. The molecule has 0 aromatic heterocycles. The van der Waals surface area contributed by atoms with E-state index in [0.29, 0.717) is 44.6 Å². The molecule has 0 saturated carbocycles. The fourth-order valence-electron chi connectivity index (χ4n) is 4.68. The topological polar surface area (TPSA) is 123 Å². The van der Waals surface area contributed by atoms with Crippen molar-refractivity contribution in [1.29, 1.82) is 0 Å². The van der Waals surface area contributed by atoms with Crippen LogP contribution in [0.3, 0.4) is 0 Å². The highest BCUT2D eigenvalue weighted by Gasteiger charge is 2.37. The quantitative estimate of drug-likeness (QED) is 0.481. The van der Waals surface area contributed by atoms with Crippen LogP contribution in [0.25, 0.3) is 0 Å². The van der Waals surface area contributed by atoms with Gasteiger partial charge < -0.3 is 24.8 Å². The van der Waals surface area contributed by atoms with E-state index in [1.54, 1.807) is 31.4 Å². The summed E-state index contributed by atoms with van der Waals surface area (Å²) < 4.78 is 57.4. The second kappa shape index (κ2) is 13.2. The summed E-state index contributed by atoms with van der Waals surface area (Å²) in [4.78, 5) is 26.0. The van der Waals surface area contributed by atoms with Crippen LogP contribution in [0.4, 0.5) is 9.18 Å². The third-order valence-electron chi connectivity index (χ3n) is 6.82. The maximum absolute atomic E-state index is 13.8. The SMILES string of the molecule is COc1ccc(C[C@H](NC(=O)O[C@H]2CCCCN2S(=O)(=O)c2cccc(F)c2)C(=O)NC2CCOCC2)cc1. The first kappa shape index (κ1) is 28.8. The number of rotatable bonds is 9. The van der Waals surface area contributed by atoms with Crippen LogP contribution < -0.4 is 15.4 Å². The normalized spacial score (nSPS) is 19.6. The van der Waals surface area contributed by atoms with E-state index in [4.69, 9.17) is 14.2 Å². The highest BCUT2D eigenvalue weighted by molar-refractivity contribution is 7.89. The number of nitrogens with one attached hydrogen (secondary N) is 2. The molecule has 2 saturated heterocycles. The molecule has 0 spiro atoms. The number of nitrogens with zero attached hydrogens (tertiary/aromatic N) is 1. The van der Waals surface area contributed by atoms with Crippen LogP contribution in [-0.2, 0) is 30.7 Å². The molecule has 2 amide bonds. The minimum atomic E-state index is -4.11. The molecule has 0 unspecified atom stereocenters. The highest BCUT2D eigenvalue weighted by Crippen LogP contribution is 2.26. The monoisotopic (exact) mass is 563 g/mol. The van der Waals surface area contributed by atoms with Gasteiger partial charge in [0.2, 0.25) is 15.9 Å². The number of ether oxygens (including phenoxy) is 3. The molecule has 2 aromatic rings. The maximum Gasteiger partial charge on any atom is 0.409 e. The summed E-state index contributed by atoms with van der Waals surface area (Å²) >= 11 is 0. The van der Waals surface area contributed by atoms with Crippen molar-refractivity contribution in [1.82, 2.24) is 14.9 Å². The van der Waals surface area contributed by atoms with Gasteiger partial charge in [-0.3, -0.25) is 4.79 Å². The predicted octanol–water partition coefficient (Wildman–Crippen LogP) is 2.97. The van der Waals surface area contributed by atoms with E-state index in [1.165, 1.54) is 12.1 Å². The van der Waals surface area contributed by atoms with Gasteiger partial charge in [0.1, 0.15) is 17.6 Å². The Hall–Kier alpha value is -3.22. The van der Waals surface area contributed by atoms with E-state index < -0.39 is 34.2 Å². The van der Waals surface area contributed by atoms with Crippen LogP contribution in [0.1, 0.15) is 37.7 Å². The summed E-state index contributed by atoms with van der Waals surface area (Å²) in [7, 11) is -2.56. The first-order valence-corrected chi connectivity index (χ1v) is 14.5. The van der Waals surface area contributed by atoms with Crippen molar-refractivity contribution in [3.05, 3.63) is 59.9 Å². The molecule has 0 bridgehead atoms. The van der Waals surface area contributed by atoms with Crippen molar-refractivity contribution in [3.63, 3.8) is 0 Å². The number of alkyl carbamates (subject to hydrolysis) is 1. The van der Waals surface area contributed by atoms with Crippen molar-refractivity contribution < 1.29 is 36.6 Å². The van der Waals surface area contributed by atoms with E-state index in [9.17, 15) is 22.4 Å². The fraction of sp³-hybridized carbons (Fsp3) is 0.481. The Morgan fingerprint density at radius 3 is 2.54 bits per heavy atom. The standard InChI is InChI=1S/C27H34FN3O7S/c1-36-22-10-8-19(9-11-22)17-24(26(32)29-21-12-15-37-16-13-21)30-27(33)38-25-7-2-3-14-31(25)39(34,35)23-6-4-5-20(28)18-23/h4-6,8-11,18,21,24-25H,2-3,7,12-17H2,1H3,(H,29,32)(H,30,33)/t24-,25-/m0/s1. The number of piperidine rings is 1. The van der Waals surface area contributed by atoms with Gasteiger partial charge >= 0.3 is 6.09 Å². The molecule has 2 fully saturated rings. The largest absolute Gasteiger partial charge is 0.497 e. The van der Waals surface area contributed by atoms with Gasteiger partial charge in [-0.05, 0) is 68.0 Å². The Labute approximate surface area is 227 Å². The van der Waals surface area contributed by atoms with Crippen LogP contribution >= 0.6 is 0 Å². The van der Waals surface area contributed by atoms with E-state index in [2.05, 4.69) is 10.6 Å². The van der Waals surface area contributed by atoms with E-state index in [1.807, 2.05) is 0 Å². The number of carbonyl (C=O) groups excluding carboxylic acids is 2. The zero-order valence-corrected chi connectivity index (χ0v) is 22.6. The molecule has 10 nitrogen and oxygen atoms in total. The molecular weight excluding hydrogens is 529 g/mol. The van der Waals surface area contributed by atoms with Crippen LogP contribution in [0.5, 0.6) is 5.75 Å². The van der Waals surface area contributed by atoms with E-state index in [-0.39, 0.29) is 36.2 Å². The van der Waals surface area contributed by atoms with Gasteiger partial charge in [-0.25, -0.2) is 17.6 Å². The lowest BCUT2D eigenvalue weighted by atomic mass is 10.0. The van der Waals surface area contributed by atoms with Crippen molar-refractivity contribution in [3.8, 4) is 5.75 Å². The molecule has 212 valence electrons. The second-order valence-electron chi connectivity index (χ2n) is 9.57. The average Bonchev–Trinajstić information content (AvgIpc) is 2.94. The minimum Gasteiger partial charge on any atom is -0.497 e. The van der Waals surface area contributed by atoms with Gasteiger partial charge in [0.05, 0.1) is 12.0 Å². The molecule has 2 aromatic carbocycles. The number of methoxy groups -OCH3 is 1. The predicted molar refractivity (Wildman–Crippen MR) is 140 cm³/mol. The van der Waals surface area contributed by atoms with Crippen molar-refractivity contribution >= 4 is 22.0 Å². The summed E-state index contributed by atoms with van der Waals surface area (Å²) in [6.07, 6.45) is 1.01. The Balaban J connectivity index is 1.47. The molecule has 0 aliphatic carbocycles. The molecule has 2 heterocycles. The van der Waals surface area contributed by atoms with Gasteiger partial charge in [0.15, 0.2) is 6.23 Å². The number of hydrogen-bond acceptors (Lipinski definition) is 7. The van der Waals surface area contributed by atoms with Crippen molar-refractivity contribution in [2.24, 2.45) is 0 Å². The van der Waals surface area contributed by atoms with Crippen LogP contribution in [0.2, 0.25) is 0 Å². The summed E-state index contributed by atoms with van der Waals surface area (Å²) in [5.74, 6) is -0.394. The number of carbonyl (C=O) groups is 2. The molecule has 0 radical (unpaired) electrons. The third kappa shape index (κ3) is 7.68. The molecule has 39 heavy (non-hydrogen) atoms. The minimum absolute atomic E-state index is 0.0762. The lowest BCUT2D eigenvalue weighted by molar-refractivity contribution is -0.124. The maximum atomic E-state index is 13.8. The highest BCUT2D eigenvalue weighted by atomic mass is 32.2. The number of hydrogen-bond donors (Lipinski definition) is 2. The second-order valence-corrected chi connectivity index (χ2v) is 11.5. The van der Waals surface area contributed by atoms with Crippen LogP contribution in [0, 0.1) is 5.82 Å².